The fourth-order valence-electron chi connectivity index (χ4n) is 1.94. The van der Waals surface area contributed by atoms with Crippen LogP contribution in [0.25, 0.3) is 22.2 Å². The van der Waals surface area contributed by atoms with Crippen LogP contribution in [0.2, 0.25) is 0 Å². The van der Waals surface area contributed by atoms with Crippen LogP contribution in [0.1, 0.15) is 5.69 Å². The van der Waals surface area contributed by atoms with Crippen molar-refractivity contribution < 1.29 is 13.2 Å². The molecular weight excluding hydrogens is 285 g/mol. The molecule has 0 fully saturated rings. The molecule has 8 heteroatoms. The van der Waals surface area contributed by atoms with Gasteiger partial charge in [0.1, 0.15) is 5.69 Å². The third-order valence-electron chi connectivity index (χ3n) is 2.88. The van der Waals surface area contributed by atoms with Crippen LogP contribution in [0, 0.1) is 0 Å². The third-order valence-corrected chi connectivity index (χ3v) is 2.88. The number of aromatic nitrogens is 4. The summed E-state index contributed by atoms with van der Waals surface area (Å²) in [4.78, 5) is 25.7. The van der Waals surface area contributed by atoms with Gasteiger partial charge in [-0.1, -0.05) is 0 Å². The average molecular weight is 292 g/mol. The SMILES string of the molecule is O=c1[nH]cnc2ccnc(-c3ccc(C(F)(F)F)nc3)c12. The van der Waals surface area contributed by atoms with E-state index in [-0.39, 0.29) is 11.1 Å². The number of halogens is 3. The lowest BCUT2D eigenvalue weighted by Crippen LogP contribution is -2.09. The fourth-order valence-corrected chi connectivity index (χ4v) is 1.94. The van der Waals surface area contributed by atoms with Crippen LogP contribution < -0.4 is 5.56 Å². The van der Waals surface area contributed by atoms with Crippen LogP contribution in [0.5, 0.6) is 0 Å². The smallest absolute Gasteiger partial charge is 0.313 e. The van der Waals surface area contributed by atoms with Gasteiger partial charge < -0.3 is 4.98 Å². The zero-order valence-electron chi connectivity index (χ0n) is 10.3. The molecule has 0 aliphatic rings. The standard InChI is InChI=1S/C13H7F3N4O/c14-13(15,16)9-2-1-7(5-18-9)11-10-8(3-4-17-11)19-6-20-12(10)21/h1-6H,(H,19,20,21). The van der Waals surface area contributed by atoms with Crippen molar-refractivity contribution in [2.24, 2.45) is 0 Å². The quantitative estimate of drug-likeness (QED) is 0.747. The van der Waals surface area contributed by atoms with Crippen LogP contribution in [-0.2, 0) is 6.18 Å². The Bertz CT molecular complexity index is 850. The van der Waals surface area contributed by atoms with Crippen LogP contribution in [0.15, 0.2) is 41.7 Å². The number of fused-ring (bicyclic) bond motifs is 1. The number of hydrogen-bond acceptors (Lipinski definition) is 4. The second kappa shape index (κ2) is 4.65. The highest BCUT2D eigenvalue weighted by Crippen LogP contribution is 2.29. The van der Waals surface area contributed by atoms with E-state index < -0.39 is 17.4 Å². The van der Waals surface area contributed by atoms with E-state index in [0.29, 0.717) is 11.1 Å². The van der Waals surface area contributed by atoms with E-state index in [2.05, 4.69) is 19.9 Å². The lowest BCUT2D eigenvalue weighted by atomic mass is 10.1. The van der Waals surface area contributed by atoms with Crippen molar-refractivity contribution in [1.29, 1.82) is 0 Å². The maximum absolute atomic E-state index is 12.5. The Kier molecular flexibility index (Phi) is 2.93. The molecule has 0 atom stereocenters. The summed E-state index contributed by atoms with van der Waals surface area (Å²) in [6, 6.07) is 3.62. The molecule has 0 bridgehead atoms. The van der Waals surface area contributed by atoms with Crippen molar-refractivity contribution in [2.75, 3.05) is 0 Å². The Morgan fingerprint density at radius 3 is 2.52 bits per heavy atom. The van der Waals surface area contributed by atoms with E-state index in [0.717, 1.165) is 12.3 Å². The van der Waals surface area contributed by atoms with Gasteiger partial charge in [0.25, 0.3) is 5.56 Å². The number of H-pyrrole nitrogens is 1. The summed E-state index contributed by atoms with van der Waals surface area (Å²) in [6.45, 7) is 0. The van der Waals surface area contributed by atoms with Gasteiger partial charge in [0.05, 0.1) is 22.9 Å². The highest BCUT2D eigenvalue weighted by Gasteiger charge is 2.32. The molecule has 0 aliphatic carbocycles. The van der Waals surface area contributed by atoms with Crippen LogP contribution in [-0.4, -0.2) is 19.9 Å². The summed E-state index contributed by atoms with van der Waals surface area (Å²) in [5.74, 6) is 0. The Hall–Kier alpha value is -2.77. The highest BCUT2D eigenvalue weighted by molar-refractivity contribution is 5.91. The Balaban J connectivity index is 2.20. The first-order chi connectivity index (χ1) is 9.97. The lowest BCUT2D eigenvalue weighted by Gasteiger charge is -2.07. The van der Waals surface area contributed by atoms with Gasteiger partial charge in [0.2, 0.25) is 0 Å². The zero-order chi connectivity index (χ0) is 15.0. The van der Waals surface area contributed by atoms with E-state index in [1.807, 2.05) is 0 Å². The average Bonchev–Trinajstić information content (AvgIpc) is 2.46. The molecule has 106 valence electrons. The van der Waals surface area contributed by atoms with Gasteiger partial charge in [0.15, 0.2) is 0 Å². The molecule has 0 aliphatic heterocycles. The molecule has 21 heavy (non-hydrogen) atoms. The van der Waals surface area contributed by atoms with Gasteiger partial charge >= 0.3 is 6.18 Å². The molecular formula is C13H7F3N4O. The van der Waals surface area contributed by atoms with Gasteiger partial charge in [-0.3, -0.25) is 14.8 Å². The van der Waals surface area contributed by atoms with E-state index in [1.165, 1.54) is 18.6 Å². The van der Waals surface area contributed by atoms with Crippen molar-refractivity contribution in [3.05, 3.63) is 53.0 Å². The second-order valence-electron chi connectivity index (χ2n) is 4.22. The van der Waals surface area contributed by atoms with Gasteiger partial charge in [-0.25, -0.2) is 4.98 Å². The number of alkyl halides is 3. The number of aromatic amines is 1. The predicted molar refractivity (Wildman–Crippen MR) is 68.4 cm³/mol. The van der Waals surface area contributed by atoms with Crippen molar-refractivity contribution >= 4 is 10.9 Å². The molecule has 3 aromatic heterocycles. The van der Waals surface area contributed by atoms with E-state index in [1.54, 1.807) is 6.07 Å². The number of hydrogen-bond donors (Lipinski definition) is 1. The first-order valence-corrected chi connectivity index (χ1v) is 5.83. The topological polar surface area (TPSA) is 71.5 Å². The molecule has 5 nitrogen and oxygen atoms in total. The second-order valence-corrected chi connectivity index (χ2v) is 4.22. The molecule has 0 saturated carbocycles. The fraction of sp³-hybridized carbons (Fsp3) is 0.0769. The number of rotatable bonds is 1. The Morgan fingerprint density at radius 1 is 1.05 bits per heavy atom. The summed E-state index contributed by atoms with van der Waals surface area (Å²) < 4.78 is 37.5. The minimum atomic E-state index is -4.51. The summed E-state index contributed by atoms with van der Waals surface area (Å²) in [7, 11) is 0. The van der Waals surface area contributed by atoms with Gasteiger partial charge in [-0.05, 0) is 18.2 Å². The molecule has 0 aromatic carbocycles. The van der Waals surface area contributed by atoms with Crippen LogP contribution in [0.4, 0.5) is 13.2 Å². The summed E-state index contributed by atoms with van der Waals surface area (Å²) in [5, 5.41) is 0.210. The molecule has 0 saturated heterocycles. The van der Waals surface area contributed by atoms with E-state index in [9.17, 15) is 18.0 Å². The molecule has 0 unspecified atom stereocenters. The largest absolute Gasteiger partial charge is 0.433 e. The molecule has 0 radical (unpaired) electrons. The molecule has 3 rings (SSSR count). The van der Waals surface area contributed by atoms with Gasteiger partial charge in [-0.2, -0.15) is 13.2 Å². The van der Waals surface area contributed by atoms with Crippen molar-refractivity contribution in [2.45, 2.75) is 6.18 Å². The number of nitrogens with zero attached hydrogens (tertiary/aromatic N) is 3. The third kappa shape index (κ3) is 2.35. The summed E-state index contributed by atoms with van der Waals surface area (Å²) >= 11 is 0. The molecule has 1 N–H and O–H groups in total. The first-order valence-electron chi connectivity index (χ1n) is 5.83. The maximum Gasteiger partial charge on any atom is 0.433 e. The van der Waals surface area contributed by atoms with E-state index >= 15 is 0 Å². The summed E-state index contributed by atoms with van der Waals surface area (Å²) in [5.41, 5.74) is -0.458. The lowest BCUT2D eigenvalue weighted by molar-refractivity contribution is -0.141. The molecule has 3 aromatic rings. The van der Waals surface area contributed by atoms with E-state index in [4.69, 9.17) is 0 Å². The molecule has 3 heterocycles. The first kappa shape index (κ1) is 13.2. The minimum absolute atomic E-state index is 0.210. The van der Waals surface area contributed by atoms with Crippen LogP contribution in [0.3, 0.4) is 0 Å². The Labute approximate surface area is 115 Å². The Morgan fingerprint density at radius 2 is 1.86 bits per heavy atom. The zero-order valence-corrected chi connectivity index (χ0v) is 10.3. The number of nitrogens with one attached hydrogen (secondary N) is 1. The normalized spacial score (nSPS) is 11.8. The summed E-state index contributed by atoms with van der Waals surface area (Å²) in [6.07, 6.45) is -0.790. The van der Waals surface area contributed by atoms with Crippen LogP contribution >= 0.6 is 0 Å². The number of pyridine rings is 2. The van der Waals surface area contributed by atoms with Gasteiger partial charge in [0, 0.05) is 18.0 Å². The predicted octanol–water partition coefficient (Wildman–Crippen LogP) is 2.40. The van der Waals surface area contributed by atoms with Crippen molar-refractivity contribution in [3.8, 4) is 11.3 Å². The highest BCUT2D eigenvalue weighted by atomic mass is 19.4. The molecule has 0 amide bonds. The van der Waals surface area contributed by atoms with Crippen molar-refractivity contribution in [1.82, 2.24) is 19.9 Å². The minimum Gasteiger partial charge on any atom is -0.313 e. The van der Waals surface area contributed by atoms with Crippen molar-refractivity contribution in [3.63, 3.8) is 0 Å². The maximum atomic E-state index is 12.5. The van der Waals surface area contributed by atoms with Gasteiger partial charge in [-0.15, -0.1) is 0 Å². The molecule has 0 spiro atoms. The monoisotopic (exact) mass is 292 g/mol.